The van der Waals surface area contributed by atoms with Gasteiger partial charge in [-0.15, -0.1) is 0 Å². The smallest absolute Gasteiger partial charge is 0.342 e. The van der Waals surface area contributed by atoms with Gasteiger partial charge in [-0.2, -0.15) is 9.78 Å². The second-order valence-electron chi connectivity index (χ2n) is 7.23. The number of aromatic hydroxyl groups is 1. The summed E-state index contributed by atoms with van der Waals surface area (Å²) in [6.07, 6.45) is 3.56. The maximum absolute atomic E-state index is 12.6. The quantitative estimate of drug-likeness (QED) is 0.697. The van der Waals surface area contributed by atoms with E-state index in [2.05, 4.69) is 15.7 Å². The van der Waals surface area contributed by atoms with Crippen LogP contribution < -0.4 is 10.6 Å². The molecule has 144 valence electrons. The van der Waals surface area contributed by atoms with Gasteiger partial charge < -0.3 is 15.7 Å². The third kappa shape index (κ3) is 4.13. The minimum Gasteiger partial charge on any atom is -0.507 e. The predicted octanol–water partition coefficient (Wildman–Crippen LogP) is 3.84. The fourth-order valence-corrected chi connectivity index (χ4v) is 3.06. The lowest BCUT2D eigenvalue weighted by atomic mass is 9.82. The van der Waals surface area contributed by atoms with E-state index in [1.807, 2.05) is 19.9 Å². The molecule has 0 saturated heterocycles. The van der Waals surface area contributed by atoms with Crippen molar-refractivity contribution in [1.29, 1.82) is 0 Å². The van der Waals surface area contributed by atoms with Gasteiger partial charge in [0.1, 0.15) is 5.75 Å². The number of benzene rings is 1. The summed E-state index contributed by atoms with van der Waals surface area (Å²) in [5, 5.41) is 20.4. The highest BCUT2D eigenvalue weighted by Gasteiger charge is 2.27. The number of phenolic OH excluding ortho intramolecular Hbond substituents is 1. The van der Waals surface area contributed by atoms with Crippen LogP contribution in [-0.4, -0.2) is 32.9 Å². The van der Waals surface area contributed by atoms with Crippen LogP contribution in [0.5, 0.6) is 5.75 Å². The fourth-order valence-electron chi connectivity index (χ4n) is 3.06. The number of hydrogen-bond donors (Lipinski definition) is 3. The topological polar surface area (TPSA) is 96.2 Å². The number of anilines is 1. The van der Waals surface area contributed by atoms with Crippen molar-refractivity contribution in [3.63, 3.8) is 0 Å². The number of nitrogens with zero attached hydrogens (tertiary/aromatic N) is 2. The summed E-state index contributed by atoms with van der Waals surface area (Å²) in [4.78, 5) is 24.2. The highest BCUT2D eigenvalue weighted by atomic mass is 16.3. The molecule has 0 spiro atoms. The summed E-state index contributed by atoms with van der Waals surface area (Å²) in [5.74, 6) is 0.247. The van der Waals surface area contributed by atoms with Crippen molar-refractivity contribution in [3.8, 4) is 17.0 Å². The first-order chi connectivity index (χ1) is 12.9. The molecule has 0 radical (unpaired) electrons. The number of hydrogen-bond acceptors (Lipinski definition) is 4. The molecule has 7 heteroatoms. The van der Waals surface area contributed by atoms with E-state index < -0.39 is 0 Å². The number of carbonyl (C=O) groups excluding carboxylic acids is 2. The van der Waals surface area contributed by atoms with Crippen LogP contribution in [0.15, 0.2) is 24.3 Å². The van der Waals surface area contributed by atoms with Crippen molar-refractivity contribution in [1.82, 2.24) is 15.1 Å². The Morgan fingerprint density at radius 2 is 2.04 bits per heavy atom. The SMILES string of the molecule is CCC(=O)Nc1ccc(O)c(-c2cc(C3CCC3)n(C(=O)NC(C)C)n2)c1. The normalized spacial score (nSPS) is 14.1. The summed E-state index contributed by atoms with van der Waals surface area (Å²) in [6.45, 7) is 5.57. The summed E-state index contributed by atoms with van der Waals surface area (Å²) >= 11 is 0. The van der Waals surface area contributed by atoms with Gasteiger partial charge in [-0.3, -0.25) is 4.79 Å². The Hall–Kier alpha value is -2.83. The minimum atomic E-state index is -0.270. The highest BCUT2D eigenvalue weighted by molar-refractivity contribution is 5.91. The maximum Gasteiger partial charge on any atom is 0.342 e. The predicted molar refractivity (Wildman–Crippen MR) is 104 cm³/mol. The van der Waals surface area contributed by atoms with Crippen LogP contribution in [0, 0.1) is 0 Å². The molecular formula is C20H26N4O3. The van der Waals surface area contributed by atoms with Crippen LogP contribution >= 0.6 is 0 Å². The van der Waals surface area contributed by atoms with E-state index in [4.69, 9.17) is 0 Å². The van der Waals surface area contributed by atoms with Crippen molar-refractivity contribution in [2.45, 2.75) is 58.4 Å². The monoisotopic (exact) mass is 370 g/mol. The molecule has 3 rings (SSSR count). The van der Waals surface area contributed by atoms with Gasteiger partial charge in [0.15, 0.2) is 0 Å². The van der Waals surface area contributed by atoms with E-state index in [-0.39, 0.29) is 23.7 Å². The zero-order chi connectivity index (χ0) is 19.6. The first kappa shape index (κ1) is 18.9. The fraction of sp³-hybridized carbons (Fsp3) is 0.450. The largest absolute Gasteiger partial charge is 0.507 e. The van der Waals surface area contributed by atoms with Gasteiger partial charge in [0.05, 0.1) is 11.4 Å². The molecule has 2 aromatic rings. The number of nitrogens with one attached hydrogen (secondary N) is 2. The van der Waals surface area contributed by atoms with E-state index >= 15 is 0 Å². The molecular weight excluding hydrogens is 344 g/mol. The van der Waals surface area contributed by atoms with Crippen molar-refractivity contribution in [2.75, 3.05) is 5.32 Å². The van der Waals surface area contributed by atoms with Crippen LogP contribution in [0.1, 0.15) is 58.1 Å². The molecule has 1 aliphatic rings. The Kier molecular flexibility index (Phi) is 5.48. The molecule has 7 nitrogen and oxygen atoms in total. The lowest BCUT2D eigenvalue weighted by molar-refractivity contribution is -0.115. The van der Waals surface area contributed by atoms with Crippen molar-refractivity contribution >= 4 is 17.6 Å². The minimum absolute atomic E-state index is 0.000350. The van der Waals surface area contributed by atoms with Crippen molar-refractivity contribution in [2.24, 2.45) is 0 Å². The number of amides is 2. The molecule has 0 bridgehead atoms. The summed E-state index contributed by atoms with van der Waals surface area (Å²) in [5.41, 5.74) is 2.44. The molecule has 1 saturated carbocycles. The summed E-state index contributed by atoms with van der Waals surface area (Å²) in [7, 11) is 0. The molecule has 3 N–H and O–H groups in total. The second kappa shape index (κ2) is 7.82. The van der Waals surface area contributed by atoms with Gasteiger partial charge in [-0.25, -0.2) is 4.79 Å². The molecule has 1 fully saturated rings. The number of aromatic nitrogens is 2. The molecule has 1 aromatic heterocycles. The van der Waals surface area contributed by atoms with E-state index in [1.54, 1.807) is 19.1 Å². The molecule has 0 unspecified atom stereocenters. The Labute approximate surface area is 158 Å². The van der Waals surface area contributed by atoms with Gasteiger partial charge in [0, 0.05) is 29.6 Å². The molecule has 1 aromatic carbocycles. The van der Waals surface area contributed by atoms with Gasteiger partial charge >= 0.3 is 6.03 Å². The average molecular weight is 370 g/mol. The maximum atomic E-state index is 12.6. The first-order valence-corrected chi connectivity index (χ1v) is 9.43. The highest BCUT2D eigenvalue weighted by Crippen LogP contribution is 2.39. The lowest BCUT2D eigenvalue weighted by Crippen LogP contribution is -2.36. The molecule has 27 heavy (non-hydrogen) atoms. The third-order valence-corrected chi connectivity index (χ3v) is 4.74. The molecule has 0 atom stereocenters. The molecule has 0 aliphatic heterocycles. The summed E-state index contributed by atoms with van der Waals surface area (Å²) in [6, 6.07) is 6.44. The zero-order valence-electron chi connectivity index (χ0n) is 16.0. The van der Waals surface area contributed by atoms with Gasteiger partial charge in [-0.05, 0) is 51.0 Å². The van der Waals surface area contributed by atoms with E-state index in [9.17, 15) is 14.7 Å². The molecule has 1 heterocycles. The molecule has 2 amide bonds. The average Bonchev–Trinajstić information content (AvgIpc) is 2.99. The van der Waals surface area contributed by atoms with E-state index in [1.165, 1.54) is 10.7 Å². The number of carbonyl (C=O) groups is 2. The summed E-state index contributed by atoms with van der Waals surface area (Å²) < 4.78 is 1.41. The van der Waals surface area contributed by atoms with Crippen LogP contribution in [0.3, 0.4) is 0 Å². The van der Waals surface area contributed by atoms with Crippen LogP contribution in [0.2, 0.25) is 0 Å². The Morgan fingerprint density at radius 3 is 2.63 bits per heavy atom. The standard InChI is InChI=1S/C20H26N4O3/c1-4-19(26)22-14-8-9-18(25)15(10-14)16-11-17(13-6-5-7-13)24(23-16)20(27)21-12(2)3/h8-13,25H,4-7H2,1-3H3,(H,21,27)(H,22,26). The Morgan fingerprint density at radius 1 is 1.30 bits per heavy atom. The van der Waals surface area contributed by atoms with Crippen molar-refractivity contribution in [3.05, 3.63) is 30.0 Å². The lowest BCUT2D eigenvalue weighted by Gasteiger charge is -2.25. The van der Waals surface area contributed by atoms with Gasteiger partial charge in [-0.1, -0.05) is 13.3 Å². The zero-order valence-corrected chi connectivity index (χ0v) is 16.0. The third-order valence-electron chi connectivity index (χ3n) is 4.74. The first-order valence-electron chi connectivity index (χ1n) is 9.43. The number of rotatable bonds is 5. The van der Waals surface area contributed by atoms with Crippen molar-refractivity contribution < 1.29 is 14.7 Å². The Balaban J connectivity index is 1.99. The Bertz CT molecular complexity index is 853. The molecule has 1 aliphatic carbocycles. The second-order valence-corrected chi connectivity index (χ2v) is 7.23. The van der Waals surface area contributed by atoms with Gasteiger partial charge in [0.2, 0.25) is 5.91 Å². The van der Waals surface area contributed by atoms with Crippen LogP contribution in [-0.2, 0) is 4.79 Å². The van der Waals surface area contributed by atoms with Crippen LogP contribution in [0.4, 0.5) is 10.5 Å². The van der Waals surface area contributed by atoms with Crippen LogP contribution in [0.25, 0.3) is 11.3 Å². The van der Waals surface area contributed by atoms with Gasteiger partial charge in [0.25, 0.3) is 0 Å². The number of phenols is 1. The van der Waals surface area contributed by atoms with E-state index in [0.29, 0.717) is 29.3 Å². The van der Waals surface area contributed by atoms with E-state index in [0.717, 1.165) is 25.0 Å².